The maximum absolute atomic E-state index is 12.5. The molecule has 80 valence electrons. The smallest absolute Gasteiger partial charge is 0.254 e. The van der Waals surface area contributed by atoms with Crippen LogP contribution in [0.15, 0.2) is 0 Å². The van der Waals surface area contributed by atoms with Crippen molar-refractivity contribution in [2.45, 2.75) is 19.3 Å². The van der Waals surface area contributed by atoms with E-state index in [1.165, 1.54) is 0 Å². The molecule has 0 spiro atoms. The number of halogens is 2. The monoisotopic (exact) mass is 206 g/mol. The summed E-state index contributed by atoms with van der Waals surface area (Å²) in [5.41, 5.74) is 0. The van der Waals surface area contributed by atoms with E-state index >= 15 is 0 Å². The van der Waals surface area contributed by atoms with Crippen LogP contribution in [0.4, 0.5) is 8.78 Å². The molecule has 0 aromatic heterocycles. The van der Waals surface area contributed by atoms with Gasteiger partial charge in [-0.1, -0.05) is 0 Å². The number of alkyl halides is 2. The molecule has 4 nitrogen and oxygen atoms in total. The summed E-state index contributed by atoms with van der Waals surface area (Å²) >= 11 is 0. The SMILES string of the molecule is CC(F)(F)CC(=O)N1CCNC(=O)C1. The van der Waals surface area contributed by atoms with Gasteiger partial charge in [0, 0.05) is 13.1 Å². The van der Waals surface area contributed by atoms with Gasteiger partial charge in [-0.15, -0.1) is 0 Å². The molecule has 1 aliphatic rings. The molecule has 1 aliphatic heterocycles. The van der Waals surface area contributed by atoms with E-state index in [-0.39, 0.29) is 12.5 Å². The summed E-state index contributed by atoms with van der Waals surface area (Å²) in [4.78, 5) is 23.2. The second-order valence-corrected chi connectivity index (χ2v) is 3.41. The lowest BCUT2D eigenvalue weighted by atomic mass is 10.2. The van der Waals surface area contributed by atoms with E-state index in [4.69, 9.17) is 0 Å². The van der Waals surface area contributed by atoms with Crippen LogP contribution in [0, 0.1) is 0 Å². The Kier molecular flexibility index (Phi) is 3.03. The molecule has 0 aromatic rings. The summed E-state index contributed by atoms with van der Waals surface area (Å²) in [6.45, 7) is 1.21. The predicted octanol–water partition coefficient (Wildman–Crippen LogP) is -0.00990. The Balaban J connectivity index is 2.48. The number of nitrogens with one attached hydrogen (secondary N) is 1. The minimum atomic E-state index is -3.01. The zero-order valence-electron chi connectivity index (χ0n) is 7.85. The summed E-state index contributed by atoms with van der Waals surface area (Å²) in [6.07, 6.45) is -0.833. The van der Waals surface area contributed by atoms with Crippen molar-refractivity contribution in [2.24, 2.45) is 0 Å². The van der Waals surface area contributed by atoms with Gasteiger partial charge in [0.1, 0.15) is 0 Å². The third-order valence-electron chi connectivity index (χ3n) is 1.85. The quantitative estimate of drug-likeness (QED) is 0.690. The van der Waals surface area contributed by atoms with E-state index in [9.17, 15) is 18.4 Å². The molecule has 1 N–H and O–H groups in total. The molecule has 0 radical (unpaired) electrons. The molecule has 0 bridgehead atoms. The molecular weight excluding hydrogens is 194 g/mol. The van der Waals surface area contributed by atoms with Gasteiger partial charge >= 0.3 is 0 Å². The molecule has 6 heteroatoms. The van der Waals surface area contributed by atoms with Gasteiger partial charge in [-0.05, 0) is 6.92 Å². The predicted molar refractivity (Wildman–Crippen MR) is 44.8 cm³/mol. The van der Waals surface area contributed by atoms with Crippen molar-refractivity contribution < 1.29 is 18.4 Å². The first kappa shape index (κ1) is 10.9. The van der Waals surface area contributed by atoms with Crippen molar-refractivity contribution in [3.05, 3.63) is 0 Å². The summed E-state index contributed by atoms with van der Waals surface area (Å²) in [5.74, 6) is -3.98. The number of piperazine rings is 1. The van der Waals surface area contributed by atoms with Crippen LogP contribution in [-0.4, -0.2) is 42.3 Å². The fourth-order valence-corrected chi connectivity index (χ4v) is 1.23. The number of rotatable bonds is 2. The van der Waals surface area contributed by atoms with Crippen molar-refractivity contribution in [3.8, 4) is 0 Å². The summed E-state index contributed by atoms with van der Waals surface area (Å²) in [5, 5.41) is 2.51. The van der Waals surface area contributed by atoms with E-state index in [1.807, 2.05) is 0 Å². The lowest BCUT2D eigenvalue weighted by Crippen LogP contribution is -2.50. The van der Waals surface area contributed by atoms with Gasteiger partial charge in [0.25, 0.3) is 5.92 Å². The Bertz CT molecular complexity index is 250. The average Bonchev–Trinajstić information content (AvgIpc) is 2.01. The number of amides is 2. The number of carbonyl (C=O) groups is 2. The van der Waals surface area contributed by atoms with Crippen LogP contribution in [0.25, 0.3) is 0 Å². The standard InChI is InChI=1S/C8H12F2N2O2/c1-8(9,10)4-7(14)12-3-2-11-6(13)5-12/h2-5H2,1H3,(H,11,13). The van der Waals surface area contributed by atoms with E-state index in [0.717, 1.165) is 4.90 Å². The molecule has 0 aromatic carbocycles. The van der Waals surface area contributed by atoms with Gasteiger partial charge in [-0.2, -0.15) is 0 Å². The highest BCUT2D eigenvalue weighted by Gasteiger charge is 2.30. The van der Waals surface area contributed by atoms with Gasteiger partial charge in [-0.3, -0.25) is 9.59 Å². The second kappa shape index (κ2) is 3.89. The largest absolute Gasteiger partial charge is 0.353 e. The molecule has 1 saturated heterocycles. The van der Waals surface area contributed by atoms with Crippen LogP contribution in [0.3, 0.4) is 0 Å². The number of carbonyl (C=O) groups excluding carboxylic acids is 2. The summed E-state index contributed by atoms with van der Waals surface area (Å²) in [7, 11) is 0. The minimum Gasteiger partial charge on any atom is -0.353 e. The van der Waals surface area contributed by atoms with Gasteiger partial charge in [-0.25, -0.2) is 8.78 Å². The highest BCUT2D eigenvalue weighted by molar-refractivity contribution is 5.86. The Labute approximate surface area is 80.3 Å². The van der Waals surface area contributed by atoms with Crippen molar-refractivity contribution in [1.82, 2.24) is 10.2 Å². The van der Waals surface area contributed by atoms with Crippen molar-refractivity contribution in [2.75, 3.05) is 19.6 Å². The highest BCUT2D eigenvalue weighted by atomic mass is 19.3. The Morgan fingerprint density at radius 2 is 2.29 bits per heavy atom. The van der Waals surface area contributed by atoms with Crippen LogP contribution in [-0.2, 0) is 9.59 Å². The topological polar surface area (TPSA) is 49.4 Å². The normalized spacial score (nSPS) is 17.9. The van der Waals surface area contributed by atoms with Gasteiger partial charge in [0.2, 0.25) is 11.8 Å². The molecule has 1 fully saturated rings. The fraction of sp³-hybridized carbons (Fsp3) is 0.750. The van der Waals surface area contributed by atoms with Gasteiger partial charge < -0.3 is 10.2 Å². The third-order valence-corrected chi connectivity index (χ3v) is 1.85. The average molecular weight is 206 g/mol. The van der Waals surface area contributed by atoms with Crippen molar-refractivity contribution >= 4 is 11.8 Å². The van der Waals surface area contributed by atoms with Crippen LogP contribution in [0.5, 0.6) is 0 Å². The minimum absolute atomic E-state index is 0.116. The molecule has 1 rings (SSSR count). The van der Waals surface area contributed by atoms with Gasteiger partial charge in [0.15, 0.2) is 0 Å². The maximum Gasteiger partial charge on any atom is 0.254 e. The van der Waals surface area contributed by atoms with Gasteiger partial charge in [0.05, 0.1) is 13.0 Å². The second-order valence-electron chi connectivity index (χ2n) is 3.41. The van der Waals surface area contributed by atoms with E-state index in [0.29, 0.717) is 20.0 Å². The molecule has 2 amide bonds. The molecule has 0 saturated carbocycles. The number of hydrogen-bond donors (Lipinski definition) is 1. The van der Waals surface area contributed by atoms with Crippen LogP contribution in [0.1, 0.15) is 13.3 Å². The zero-order valence-corrected chi connectivity index (χ0v) is 7.85. The van der Waals surface area contributed by atoms with E-state index in [1.54, 1.807) is 0 Å². The van der Waals surface area contributed by atoms with Crippen LogP contribution >= 0.6 is 0 Å². The van der Waals surface area contributed by atoms with E-state index in [2.05, 4.69) is 5.32 Å². The number of nitrogens with zero attached hydrogens (tertiary/aromatic N) is 1. The first-order valence-electron chi connectivity index (χ1n) is 4.31. The van der Waals surface area contributed by atoms with E-state index < -0.39 is 18.3 Å². The van der Waals surface area contributed by atoms with Crippen LogP contribution < -0.4 is 5.32 Å². The Morgan fingerprint density at radius 1 is 1.64 bits per heavy atom. The molecule has 0 unspecified atom stereocenters. The summed E-state index contributed by atoms with van der Waals surface area (Å²) in [6, 6.07) is 0. The molecule has 1 heterocycles. The molecule has 14 heavy (non-hydrogen) atoms. The number of hydrogen-bond acceptors (Lipinski definition) is 2. The lowest BCUT2D eigenvalue weighted by molar-refractivity contribution is -0.143. The maximum atomic E-state index is 12.5. The molecular formula is C8H12F2N2O2. The lowest BCUT2D eigenvalue weighted by Gasteiger charge is -2.27. The molecule has 0 atom stereocenters. The van der Waals surface area contributed by atoms with Crippen molar-refractivity contribution in [3.63, 3.8) is 0 Å². The van der Waals surface area contributed by atoms with Crippen molar-refractivity contribution in [1.29, 1.82) is 0 Å². The highest BCUT2D eigenvalue weighted by Crippen LogP contribution is 2.18. The Hall–Kier alpha value is -1.20. The zero-order chi connectivity index (χ0) is 10.8. The fourth-order valence-electron chi connectivity index (χ4n) is 1.23. The third kappa shape index (κ3) is 3.27. The first-order valence-corrected chi connectivity index (χ1v) is 4.31. The first-order chi connectivity index (χ1) is 6.38. The Morgan fingerprint density at radius 3 is 2.79 bits per heavy atom. The summed E-state index contributed by atoms with van der Waals surface area (Å²) < 4.78 is 25.0. The molecule has 0 aliphatic carbocycles. The van der Waals surface area contributed by atoms with Crippen LogP contribution in [0.2, 0.25) is 0 Å².